The molecule has 0 radical (unpaired) electrons. The standard InChI is InChI=1S/C10H15NO2S2/c1-11-10(9-3-2-5-14-9)8-4-6-15(12,13)7-8/h2-3,5,8,10-11H,4,6-7H2,1H3. The van der Waals surface area contributed by atoms with Crippen molar-refractivity contribution in [3.8, 4) is 0 Å². The molecule has 0 aromatic carbocycles. The molecule has 0 bridgehead atoms. The lowest BCUT2D eigenvalue weighted by Gasteiger charge is -2.20. The summed E-state index contributed by atoms with van der Waals surface area (Å²) in [5.41, 5.74) is 0. The first-order valence-corrected chi connectivity index (χ1v) is 7.73. The molecule has 1 aliphatic heterocycles. The third kappa shape index (κ3) is 2.41. The maximum absolute atomic E-state index is 11.4. The van der Waals surface area contributed by atoms with Gasteiger partial charge in [-0.15, -0.1) is 11.3 Å². The van der Waals surface area contributed by atoms with Crippen LogP contribution in [0.25, 0.3) is 0 Å². The highest BCUT2D eigenvalue weighted by Crippen LogP contribution is 2.33. The predicted molar refractivity (Wildman–Crippen MR) is 62.9 cm³/mol. The van der Waals surface area contributed by atoms with E-state index in [1.54, 1.807) is 11.3 Å². The molecule has 1 aromatic rings. The Hall–Kier alpha value is -0.390. The quantitative estimate of drug-likeness (QED) is 0.876. The highest BCUT2D eigenvalue weighted by atomic mass is 32.2. The fraction of sp³-hybridized carbons (Fsp3) is 0.600. The topological polar surface area (TPSA) is 46.2 Å². The zero-order valence-corrected chi connectivity index (χ0v) is 10.3. The molecular weight excluding hydrogens is 230 g/mol. The van der Waals surface area contributed by atoms with E-state index >= 15 is 0 Å². The van der Waals surface area contributed by atoms with Crippen molar-refractivity contribution < 1.29 is 8.42 Å². The van der Waals surface area contributed by atoms with Crippen molar-refractivity contribution in [2.75, 3.05) is 18.6 Å². The number of hydrogen-bond donors (Lipinski definition) is 1. The van der Waals surface area contributed by atoms with Crippen molar-refractivity contribution in [1.82, 2.24) is 5.32 Å². The second kappa shape index (κ2) is 4.23. The zero-order valence-electron chi connectivity index (χ0n) is 8.64. The molecule has 0 spiro atoms. The summed E-state index contributed by atoms with van der Waals surface area (Å²) in [6.07, 6.45) is 0.783. The van der Waals surface area contributed by atoms with Crippen molar-refractivity contribution >= 4 is 21.2 Å². The average Bonchev–Trinajstić information content (AvgIpc) is 2.77. The molecule has 0 amide bonds. The highest BCUT2D eigenvalue weighted by Gasteiger charge is 2.33. The van der Waals surface area contributed by atoms with Crippen molar-refractivity contribution in [3.05, 3.63) is 22.4 Å². The average molecular weight is 245 g/mol. The summed E-state index contributed by atoms with van der Waals surface area (Å²) in [7, 11) is -0.879. The molecule has 0 saturated carbocycles. The molecule has 0 aliphatic carbocycles. The van der Waals surface area contributed by atoms with Crippen LogP contribution >= 0.6 is 11.3 Å². The number of sulfone groups is 1. The maximum atomic E-state index is 11.4. The minimum absolute atomic E-state index is 0.197. The van der Waals surface area contributed by atoms with Gasteiger partial charge in [-0.2, -0.15) is 0 Å². The van der Waals surface area contributed by atoms with Crippen LogP contribution in [0.4, 0.5) is 0 Å². The van der Waals surface area contributed by atoms with Crippen LogP contribution in [0.1, 0.15) is 17.3 Å². The van der Waals surface area contributed by atoms with Crippen LogP contribution < -0.4 is 5.32 Å². The van der Waals surface area contributed by atoms with Gasteiger partial charge in [0.25, 0.3) is 0 Å². The number of nitrogens with one attached hydrogen (secondary N) is 1. The number of rotatable bonds is 3. The van der Waals surface area contributed by atoms with Gasteiger partial charge in [-0.05, 0) is 30.8 Å². The van der Waals surface area contributed by atoms with Gasteiger partial charge in [0.2, 0.25) is 0 Å². The Morgan fingerprint density at radius 2 is 2.40 bits per heavy atom. The first kappa shape index (κ1) is 11.1. The lowest BCUT2D eigenvalue weighted by molar-refractivity contribution is 0.424. The largest absolute Gasteiger partial charge is 0.312 e. The van der Waals surface area contributed by atoms with E-state index < -0.39 is 9.84 Å². The van der Waals surface area contributed by atoms with Gasteiger partial charge in [0, 0.05) is 10.9 Å². The van der Waals surface area contributed by atoms with E-state index in [9.17, 15) is 8.42 Å². The second-order valence-electron chi connectivity index (χ2n) is 3.94. The summed E-state index contributed by atoms with van der Waals surface area (Å²) in [6.45, 7) is 0. The van der Waals surface area contributed by atoms with E-state index in [2.05, 4.69) is 11.4 Å². The molecule has 1 aliphatic rings. The summed E-state index contributed by atoms with van der Waals surface area (Å²) < 4.78 is 22.8. The first-order valence-electron chi connectivity index (χ1n) is 5.03. The van der Waals surface area contributed by atoms with Gasteiger partial charge < -0.3 is 5.32 Å². The van der Waals surface area contributed by atoms with E-state index in [0.29, 0.717) is 11.5 Å². The number of hydrogen-bond acceptors (Lipinski definition) is 4. The van der Waals surface area contributed by atoms with Gasteiger partial charge >= 0.3 is 0 Å². The van der Waals surface area contributed by atoms with Gasteiger partial charge in [-0.1, -0.05) is 6.07 Å². The monoisotopic (exact) mass is 245 g/mol. The smallest absolute Gasteiger partial charge is 0.150 e. The van der Waals surface area contributed by atoms with Crippen molar-refractivity contribution in [2.45, 2.75) is 12.5 Å². The van der Waals surface area contributed by atoms with E-state index in [4.69, 9.17) is 0 Å². The Labute approximate surface area is 94.4 Å². The van der Waals surface area contributed by atoms with Gasteiger partial charge in [-0.3, -0.25) is 0 Å². The molecule has 1 aromatic heterocycles. The van der Waals surface area contributed by atoms with Crippen LogP contribution in [0.3, 0.4) is 0 Å². The normalized spacial score (nSPS) is 26.6. The minimum Gasteiger partial charge on any atom is -0.312 e. The second-order valence-corrected chi connectivity index (χ2v) is 7.15. The van der Waals surface area contributed by atoms with Crippen LogP contribution in [0.2, 0.25) is 0 Å². The van der Waals surface area contributed by atoms with E-state index in [0.717, 1.165) is 6.42 Å². The predicted octanol–water partition coefficient (Wildman–Crippen LogP) is 1.44. The van der Waals surface area contributed by atoms with Gasteiger partial charge in [0.15, 0.2) is 9.84 Å². The molecule has 1 saturated heterocycles. The lowest BCUT2D eigenvalue weighted by atomic mass is 9.98. The Bertz CT molecular complexity index is 411. The number of thiophene rings is 1. The summed E-state index contributed by atoms with van der Waals surface area (Å²) in [4.78, 5) is 1.24. The fourth-order valence-electron chi connectivity index (χ4n) is 2.17. The van der Waals surface area contributed by atoms with Gasteiger partial charge in [-0.25, -0.2) is 8.42 Å². The molecule has 1 N–H and O–H groups in total. The summed E-state index contributed by atoms with van der Waals surface area (Å²) in [5, 5.41) is 5.26. The minimum atomic E-state index is -2.78. The molecule has 15 heavy (non-hydrogen) atoms. The van der Waals surface area contributed by atoms with Crippen molar-refractivity contribution in [1.29, 1.82) is 0 Å². The van der Waals surface area contributed by atoms with Gasteiger partial charge in [0.05, 0.1) is 11.5 Å². The molecule has 2 unspecified atom stereocenters. The Balaban J connectivity index is 2.16. The highest BCUT2D eigenvalue weighted by molar-refractivity contribution is 7.91. The lowest BCUT2D eigenvalue weighted by Crippen LogP contribution is -2.25. The van der Waals surface area contributed by atoms with Crippen molar-refractivity contribution in [3.63, 3.8) is 0 Å². The maximum Gasteiger partial charge on any atom is 0.150 e. The van der Waals surface area contributed by atoms with Gasteiger partial charge in [0.1, 0.15) is 0 Å². The Kier molecular flexibility index (Phi) is 3.13. The molecule has 84 valence electrons. The first-order chi connectivity index (χ1) is 7.12. The Morgan fingerprint density at radius 3 is 2.87 bits per heavy atom. The molecular formula is C10H15NO2S2. The van der Waals surface area contributed by atoms with Crippen LogP contribution in [-0.4, -0.2) is 27.0 Å². The summed E-state index contributed by atoms with van der Waals surface area (Å²) in [5.74, 6) is 0.913. The molecule has 2 atom stereocenters. The SMILES string of the molecule is CNC(c1cccs1)C1CCS(=O)(=O)C1. The summed E-state index contributed by atoms with van der Waals surface area (Å²) >= 11 is 1.69. The van der Waals surface area contributed by atoms with Crippen LogP contribution in [0.15, 0.2) is 17.5 Å². The summed E-state index contributed by atoms with van der Waals surface area (Å²) in [6, 6.07) is 4.27. The van der Waals surface area contributed by atoms with Crippen LogP contribution in [0.5, 0.6) is 0 Å². The zero-order chi connectivity index (χ0) is 10.9. The molecule has 3 nitrogen and oxygen atoms in total. The third-order valence-electron chi connectivity index (χ3n) is 2.90. The van der Waals surface area contributed by atoms with Crippen LogP contribution in [0, 0.1) is 5.92 Å². The fourth-order valence-corrected chi connectivity index (χ4v) is 4.93. The van der Waals surface area contributed by atoms with E-state index in [1.165, 1.54) is 4.88 Å². The molecule has 2 rings (SSSR count). The molecule has 1 fully saturated rings. The van der Waals surface area contributed by atoms with E-state index in [1.807, 2.05) is 18.5 Å². The van der Waals surface area contributed by atoms with Crippen LogP contribution in [-0.2, 0) is 9.84 Å². The van der Waals surface area contributed by atoms with E-state index in [-0.39, 0.29) is 12.0 Å². The Morgan fingerprint density at radius 1 is 1.60 bits per heavy atom. The van der Waals surface area contributed by atoms with Crippen molar-refractivity contribution in [2.24, 2.45) is 5.92 Å². The third-order valence-corrected chi connectivity index (χ3v) is 5.65. The molecule has 5 heteroatoms. The molecule has 2 heterocycles.